The number of rotatable bonds is 5. The van der Waals surface area contributed by atoms with Crippen molar-refractivity contribution in [2.24, 2.45) is 0 Å². The van der Waals surface area contributed by atoms with E-state index < -0.39 is 18.4 Å². The van der Waals surface area contributed by atoms with Gasteiger partial charge in [0, 0.05) is 17.7 Å². The molecule has 0 aliphatic carbocycles. The molecular formula is C20H21NO6. The highest BCUT2D eigenvalue weighted by molar-refractivity contribution is 6.04. The van der Waals surface area contributed by atoms with Gasteiger partial charge in [-0.2, -0.15) is 0 Å². The van der Waals surface area contributed by atoms with Gasteiger partial charge in [-0.3, -0.25) is 9.59 Å². The molecule has 2 heterocycles. The molecular weight excluding hydrogens is 350 g/mol. The molecule has 0 bridgehead atoms. The second-order valence-corrected chi connectivity index (χ2v) is 6.39. The minimum absolute atomic E-state index is 0.121. The minimum atomic E-state index is -0.633. The first-order valence-electron chi connectivity index (χ1n) is 8.68. The number of benzene rings is 1. The number of hydrogen-bond donors (Lipinski definition) is 1. The smallest absolute Gasteiger partial charge is 0.338 e. The largest absolute Gasteiger partial charge is 0.490 e. The van der Waals surface area contributed by atoms with E-state index in [4.69, 9.17) is 14.2 Å². The number of hydrogen-bond acceptors (Lipinski definition) is 6. The average Bonchev–Trinajstić information content (AvgIpc) is 2.81. The Kier molecular flexibility index (Phi) is 5.30. The molecule has 1 aliphatic heterocycles. The second-order valence-electron chi connectivity index (χ2n) is 6.39. The molecule has 2 aromatic rings. The molecule has 3 rings (SSSR count). The lowest BCUT2D eigenvalue weighted by atomic mass is 10.1. The van der Waals surface area contributed by atoms with Gasteiger partial charge >= 0.3 is 5.97 Å². The van der Waals surface area contributed by atoms with Crippen molar-refractivity contribution < 1.29 is 28.6 Å². The van der Waals surface area contributed by atoms with Crippen LogP contribution in [0.3, 0.4) is 0 Å². The predicted molar refractivity (Wildman–Crippen MR) is 96.9 cm³/mol. The monoisotopic (exact) mass is 371 g/mol. The maximum Gasteiger partial charge on any atom is 0.338 e. The summed E-state index contributed by atoms with van der Waals surface area (Å²) in [6.45, 7) is 5.51. The molecule has 142 valence electrons. The normalized spacial score (nSPS) is 13.0. The zero-order valence-corrected chi connectivity index (χ0v) is 15.5. The Bertz CT molecular complexity index is 911. The zero-order chi connectivity index (χ0) is 19.6. The summed E-state index contributed by atoms with van der Waals surface area (Å²) in [5, 5.41) is 0. The van der Waals surface area contributed by atoms with Gasteiger partial charge in [-0.05, 0) is 44.5 Å². The highest BCUT2D eigenvalue weighted by Gasteiger charge is 2.21. The van der Waals surface area contributed by atoms with Gasteiger partial charge in [0.05, 0.1) is 24.5 Å². The Balaban J connectivity index is 1.69. The summed E-state index contributed by atoms with van der Waals surface area (Å²) < 4.78 is 16.2. The number of ketones is 2. The van der Waals surface area contributed by atoms with Crippen LogP contribution < -0.4 is 9.47 Å². The Hall–Kier alpha value is -3.09. The lowest BCUT2D eigenvalue weighted by Gasteiger charge is -2.09. The highest BCUT2D eigenvalue weighted by Crippen LogP contribution is 2.30. The van der Waals surface area contributed by atoms with Crippen molar-refractivity contribution in [1.82, 2.24) is 4.98 Å². The third kappa shape index (κ3) is 3.86. The van der Waals surface area contributed by atoms with Crippen LogP contribution in [0.15, 0.2) is 18.2 Å². The quantitative estimate of drug-likeness (QED) is 0.641. The fourth-order valence-electron chi connectivity index (χ4n) is 3.13. The molecule has 1 aromatic carbocycles. The van der Waals surface area contributed by atoms with E-state index in [0.717, 1.165) is 6.42 Å². The summed E-state index contributed by atoms with van der Waals surface area (Å²) in [5.74, 6) is -0.0911. The molecule has 0 saturated carbocycles. The van der Waals surface area contributed by atoms with Crippen molar-refractivity contribution in [2.45, 2.75) is 27.2 Å². The Morgan fingerprint density at radius 2 is 1.81 bits per heavy atom. The molecule has 0 fully saturated rings. The van der Waals surface area contributed by atoms with Crippen LogP contribution in [0.25, 0.3) is 0 Å². The molecule has 1 aromatic heterocycles. The molecule has 0 spiro atoms. The van der Waals surface area contributed by atoms with Crippen molar-refractivity contribution in [3.05, 3.63) is 46.3 Å². The average molecular weight is 371 g/mol. The van der Waals surface area contributed by atoms with Gasteiger partial charge in [0.1, 0.15) is 0 Å². The van der Waals surface area contributed by atoms with E-state index in [0.29, 0.717) is 41.5 Å². The minimum Gasteiger partial charge on any atom is -0.490 e. The Labute approximate surface area is 156 Å². The van der Waals surface area contributed by atoms with E-state index in [9.17, 15) is 14.4 Å². The van der Waals surface area contributed by atoms with Gasteiger partial charge in [-0.25, -0.2) is 4.79 Å². The predicted octanol–water partition coefficient (Wildman–Crippen LogP) is 3.04. The summed E-state index contributed by atoms with van der Waals surface area (Å²) in [6, 6.07) is 4.76. The number of esters is 1. The van der Waals surface area contributed by atoms with E-state index in [1.807, 2.05) is 0 Å². The number of aromatic nitrogens is 1. The van der Waals surface area contributed by atoms with Crippen molar-refractivity contribution in [1.29, 1.82) is 0 Å². The van der Waals surface area contributed by atoms with Gasteiger partial charge in [-0.15, -0.1) is 0 Å². The number of aromatic amines is 1. The van der Waals surface area contributed by atoms with E-state index in [2.05, 4.69) is 4.98 Å². The first-order chi connectivity index (χ1) is 12.9. The maximum atomic E-state index is 12.4. The lowest BCUT2D eigenvalue weighted by Crippen LogP contribution is -2.15. The summed E-state index contributed by atoms with van der Waals surface area (Å²) >= 11 is 0. The summed E-state index contributed by atoms with van der Waals surface area (Å²) in [4.78, 5) is 39.3. The number of H-pyrrole nitrogens is 1. The molecule has 0 amide bonds. The van der Waals surface area contributed by atoms with E-state index in [-0.39, 0.29) is 17.0 Å². The standard InChI is InChI=1S/C20H21NO6/c1-11-18(13(3)22)12(2)21-19(11)15(23)10-27-20(24)14-5-6-16-17(9-14)26-8-4-7-25-16/h5-6,9,21H,4,7-8,10H2,1-3H3. The highest BCUT2D eigenvalue weighted by atomic mass is 16.5. The number of carbonyl (C=O) groups is 3. The van der Waals surface area contributed by atoms with Crippen LogP contribution in [-0.2, 0) is 4.74 Å². The molecule has 0 saturated heterocycles. The summed E-state index contributed by atoms with van der Waals surface area (Å²) in [6.07, 6.45) is 0.764. The maximum absolute atomic E-state index is 12.4. The summed E-state index contributed by atoms with van der Waals surface area (Å²) in [7, 11) is 0. The van der Waals surface area contributed by atoms with Gasteiger partial charge < -0.3 is 19.2 Å². The van der Waals surface area contributed by atoms with Crippen molar-refractivity contribution in [3.8, 4) is 11.5 Å². The van der Waals surface area contributed by atoms with E-state index in [1.165, 1.54) is 6.92 Å². The van der Waals surface area contributed by atoms with Crippen molar-refractivity contribution >= 4 is 17.5 Å². The number of carbonyl (C=O) groups excluding carboxylic acids is 3. The Morgan fingerprint density at radius 1 is 1.11 bits per heavy atom. The van der Waals surface area contributed by atoms with Crippen LogP contribution >= 0.6 is 0 Å². The van der Waals surface area contributed by atoms with E-state index >= 15 is 0 Å². The van der Waals surface area contributed by atoms with Crippen LogP contribution in [-0.4, -0.2) is 42.3 Å². The fraction of sp³-hybridized carbons (Fsp3) is 0.350. The second kappa shape index (κ2) is 7.65. The SMILES string of the molecule is CC(=O)c1c(C)[nH]c(C(=O)COC(=O)c2ccc3c(c2)OCCCO3)c1C. The van der Waals surface area contributed by atoms with Crippen LogP contribution in [0.5, 0.6) is 11.5 Å². The van der Waals surface area contributed by atoms with Crippen molar-refractivity contribution in [2.75, 3.05) is 19.8 Å². The van der Waals surface area contributed by atoms with Crippen molar-refractivity contribution in [3.63, 3.8) is 0 Å². The third-order valence-corrected chi connectivity index (χ3v) is 4.39. The Morgan fingerprint density at radius 3 is 2.48 bits per heavy atom. The van der Waals surface area contributed by atoms with Crippen LogP contribution in [0.2, 0.25) is 0 Å². The molecule has 1 N–H and O–H groups in total. The molecule has 27 heavy (non-hydrogen) atoms. The number of Topliss-reactive ketones (excluding diaryl/α,β-unsaturated/α-hetero) is 2. The first-order valence-corrected chi connectivity index (χ1v) is 8.68. The molecule has 0 atom stereocenters. The number of fused-ring (bicyclic) bond motifs is 1. The molecule has 0 radical (unpaired) electrons. The topological polar surface area (TPSA) is 94.7 Å². The van der Waals surface area contributed by atoms with Gasteiger partial charge in [0.15, 0.2) is 23.9 Å². The number of nitrogens with one attached hydrogen (secondary N) is 1. The van der Waals surface area contributed by atoms with Gasteiger partial charge in [0.2, 0.25) is 5.78 Å². The molecule has 7 heteroatoms. The van der Waals surface area contributed by atoms with Gasteiger partial charge in [0.25, 0.3) is 0 Å². The number of ether oxygens (including phenoxy) is 3. The molecule has 7 nitrogen and oxygen atoms in total. The number of aryl methyl sites for hydroxylation is 1. The van der Waals surface area contributed by atoms with Gasteiger partial charge in [-0.1, -0.05) is 0 Å². The van der Waals surface area contributed by atoms with E-state index in [1.54, 1.807) is 32.0 Å². The van der Waals surface area contributed by atoms with Crippen LogP contribution in [0.1, 0.15) is 55.8 Å². The summed E-state index contributed by atoms with van der Waals surface area (Å²) in [5.41, 5.74) is 2.24. The third-order valence-electron chi connectivity index (χ3n) is 4.39. The first kappa shape index (κ1) is 18.7. The molecule has 1 aliphatic rings. The van der Waals surface area contributed by atoms with Crippen LogP contribution in [0.4, 0.5) is 0 Å². The molecule has 0 unspecified atom stereocenters. The fourth-order valence-corrected chi connectivity index (χ4v) is 3.13. The van der Waals surface area contributed by atoms with Crippen LogP contribution in [0, 0.1) is 13.8 Å². The zero-order valence-electron chi connectivity index (χ0n) is 15.5. The lowest BCUT2D eigenvalue weighted by molar-refractivity contribution is 0.0473.